The van der Waals surface area contributed by atoms with Crippen LogP contribution in [0.4, 0.5) is 14.6 Å². The maximum atomic E-state index is 13.1. The van der Waals surface area contributed by atoms with Crippen LogP contribution in [0.3, 0.4) is 0 Å². The topological polar surface area (TPSA) is 60.2 Å². The molecule has 0 aliphatic heterocycles. The normalized spacial score (nSPS) is 11.7. The molecule has 1 unspecified atom stereocenters. The van der Waals surface area contributed by atoms with Crippen LogP contribution in [0.2, 0.25) is 0 Å². The standard InChI is InChI=1S/C9H9F2N3O/c1-3-5(2)15-9-7(11)4-6(10)8(13-9)14-12/h1,4-5H,12H2,2H3,(H,13,14). The van der Waals surface area contributed by atoms with Gasteiger partial charge >= 0.3 is 0 Å². The summed E-state index contributed by atoms with van der Waals surface area (Å²) in [4.78, 5) is 3.47. The fourth-order valence-corrected chi connectivity index (χ4v) is 0.835. The van der Waals surface area contributed by atoms with Crippen LogP contribution in [0.5, 0.6) is 5.88 Å². The Kier molecular flexibility index (Phi) is 3.42. The highest BCUT2D eigenvalue weighted by Crippen LogP contribution is 2.20. The van der Waals surface area contributed by atoms with Gasteiger partial charge in [-0.25, -0.2) is 14.6 Å². The number of hydrogen-bond acceptors (Lipinski definition) is 4. The lowest BCUT2D eigenvalue weighted by atomic mass is 10.4. The van der Waals surface area contributed by atoms with E-state index in [9.17, 15) is 8.78 Å². The van der Waals surface area contributed by atoms with E-state index < -0.39 is 23.6 Å². The summed E-state index contributed by atoms with van der Waals surface area (Å²) in [6, 6.07) is 0.612. The summed E-state index contributed by atoms with van der Waals surface area (Å²) in [7, 11) is 0. The van der Waals surface area contributed by atoms with E-state index >= 15 is 0 Å². The van der Waals surface area contributed by atoms with Gasteiger partial charge in [0.2, 0.25) is 0 Å². The van der Waals surface area contributed by atoms with Crippen molar-refractivity contribution >= 4 is 5.82 Å². The van der Waals surface area contributed by atoms with Crippen LogP contribution in [0.15, 0.2) is 6.07 Å². The highest BCUT2D eigenvalue weighted by molar-refractivity contribution is 5.38. The molecule has 0 bridgehead atoms. The fourth-order valence-electron chi connectivity index (χ4n) is 0.835. The molecule has 4 nitrogen and oxygen atoms in total. The van der Waals surface area contributed by atoms with Crippen LogP contribution in [-0.4, -0.2) is 11.1 Å². The minimum Gasteiger partial charge on any atom is -0.459 e. The lowest BCUT2D eigenvalue weighted by Gasteiger charge is -2.10. The Morgan fingerprint density at radius 1 is 1.60 bits per heavy atom. The first-order valence-electron chi connectivity index (χ1n) is 4.04. The van der Waals surface area contributed by atoms with Crippen molar-refractivity contribution < 1.29 is 13.5 Å². The van der Waals surface area contributed by atoms with Crippen LogP contribution in [-0.2, 0) is 0 Å². The molecule has 15 heavy (non-hydrogen) atoms. The Balaban J connectivity index is 3.03. The lowest BCUT2D eigenvalue weighted by molar-refractivity contribution is 0.253. The number of nitrogens with one attached hydrogen (secondary N) is 1. The number of rotatable bonds is 3. The number of nitrogen functional groups attached to an aromatic ring is 1. The molecule has 0 aliphatic carbocycles. The van der Waals surface area contributed by atoms with Crippen molar-refractivity contribution in [3.05, 3.63) is 17.7 Å². The number of aromatic nitrogens is 1. The Morgan fingerprint density at radius 2 is 2.27 bits per heavy atom. The van der Waals surface area contributed by atoms with Gasteiger partial charge < -0.3 is 10.2 Å². The maximum Gasteiger partial charge on any atom is 0.253 e. The second-order valence-corrected chi connectivity index (χ2v) is 2.68. The van der Waals surface area contributed by atoms with Crippen LogP contribution in [0.25, 0.3) is 0 Å². The Morgan fingerprint density at radius 3 is 2.80 bits per heavy atom. The molecular formula is C9H9F2N3O. The Bertz CT molecular complexity index is 403. The molecule has 0 amide bonds. The predicted molar refractivity (Wildman–Crippen MR) is 50.9 cm³/mol. The summed E-state index contributed by atoms with van der Waals surface area (Å²) < 4.78 is 30.9. The number of nitrogens with zero attached hydrogens (tertiary/aromatic N) is 1. The molecule has 1 heterocycles. The van der Waals surface area contributed by atoms with Gasteiger partial charge in [0.25, 0.3) is 5.88 Å². The van der Waals surface area contributed by atoms with Gasteiger partial charge in [-0.05, 0) is 6.92 Å². The van der Waals surface area contributed by atoms with Crippen LogP contribution in [0, 0.1) is 24.0 Å². The van der Waals surface area contributed by atoms with Crippen molar-refractivity contribution in [1.82, 2.24) is 4.98 Å². The average Bonchev–Trinajstić information content (AvgIpc) is 2.21. The molecule has 0 radical (unpaired) electrons. The first kappa shape index (κ1) is 11.2. The number of hydrazine groups is 1. The van der Waals surface area contributed by atoms with Crippen molar-refractivity contribution in [2.45, 2.75) is 13.0 Å². The second-order valence-electron chi connectivity index (χ2n) is 2.68. The van der Waals surface area contributed by atoms with Crippen molar-refractivity contribution in [1.29, 1.82) is 0 Å². The van der Waals surface area contributed by atoms with Gasteiger partial charge in [0.15, 0.2) is 23.6 Å². The summed E-state index contributed by atoms with van der Waals surface area (Å²) in [5.41, 5.74) is 1.97. The molecule has 0 spiro atoms. The van der Waals surface area contributed by atoms with E-state index in [1.165, 1.54) is 6.92 Å². The third kappa shape index (κ3) is 2.54. The zero-order valence-electron chi connectivity index (χ0n) is 7.92. The minimum atomic E-state index is -0.936. The van der Waals surface area contributed by atoms with Gasteiger partial charge in [0.1, 0.15) is 0 Å². The van der Waals surface area contributed by atoms with E-state index in [1.807, 2.05) is 5.43 Å². The van der Waals surface area contributed by atoms with Crippen molar-refractivity contribution in [2.75, 3.05) is 5.43 Å². The van der Waals surface area contributed by atoms with E-state index in [2.05, 4.69) is 10.9 Å². The van der Waals surface area contributed by atoms with Gasteiger partial charge in [-0.2, -0.15) is 4.98 Å². The van der Waals surface area contributed by atoms with Gasteiger partial charge in [-0.15, -0.1) is 6.42 Å². The summed E-state index contributed by atoms with van der Waals surface area (Å²) in [6.07, 6.45) is 4.37. The highest BCUT2D eigenvalue weighted by Gasteiger charge is 2.13. The molecule has 0 saturated heterocycles. The highest BCUT2D eigenvalue weighted by atomic mass is 19.1. The molecule has 1 aromatic rings. The van der Waals surface area contributed by atoms with Crippen molar-refractivity contribution in [3.8, 4) is 18.2 Å². The van der Waals surface area contributed by atoms with Crippen LogP contribution in [0.1, 0.15) is 6.92 Å². The first-order chi connectivity index (χ1) is 7.08. The van der Waals surface area contributed by atoms with Crippen LogP contribution < -0.4 is 16.0 Å². The van der Waals surface area contributed by atoms with E-state index in [0.717, 1.165) is 0 Å². The smallest absolute Gasteiger partial charge is 0.253 e. The zero-order chi connectivity index (χ0) is 11.4. The molecule has 1 atom stereocenters. The molecule has 0 saturated carbocycles. The largest absolute Gasteiger partial charge is 0.459 e. The quantitative estimate of drug-likeness (QED) is 0.447. The lowest BCUT2D eigenvalue weighted by Crippen LogP contribution is -2.15. The molecule has 0 aliphatic rings. The third-order valence-corrected chi connectivity index (χ3v) is 1.56. The Hall–Kier alpha value is -1.87. The zero-order valence-corrected chi connectivity index (χ0v) is 7.92. The van der Waals surface area contributed by atoms with E-state index in [1.54, 1.807) is 0 Å². The van der Waals surface area contributed by atoms with Gasteiger partial charge in [-0.3, -0.25) is 0 Å². The monoisotopic (exact) mass is 213 g/mol. The molecule has 80 valence electrons. The SMILES string of the molecule is C#CC(C)Oc1nc(NN)c(F)cc1F. The number of terminal acetylenes is 1. The first-order valence-corrected chi connectivity index (χ1v) is 4.04. The van der Waals surface area contributed by atoms with E-state index in [-0.39, 0.29) is 5.82 Å². The summed E-state index contributed by atoms with van der Waals surface area (Å²) >= 11 is 0. The number of hydrogen-bond donors (Lipinski definition) is 2. The average molecular weight is 213 g/mol. The summed E-state index contributed by atoms with van der Waals surface area (Å²) in [5, 5.41) is 0. The van der Waals surface area contributed by atoms with Crippen molar-refractivity contribution in [2.24, 2.45) is 5.84 Å². The maximum absolute atomic E-state index is 13.1. The summed E-state index contributed by atoms with van der Waals surface area (Å²) in [6.45, 7) is 1.53. The minimum absolute atomic E-state index is 0.310. The second kappa shape index (κ2) is 4.57. The molecule has 6 heteroatoms. The fraction of sp³-hybridized carbons (Fsp3) is 0.222. The molecule has 0 aromatic carbocycles. The third-order valence-electron chi connectivity index (χ3n) is 1.56. The van der Waals surface area contributed by atoms with Crippen LogP contribution >= 0.6 is 0 Å². The predicted octanol–water partition coefficient (Wildman–Crippen LogP) is 1.05. The molecule has 1 rings (SSSR count). The van der Waals surface area contributed by atoms with Gasteiger partial charge in [0.05, 0.1) is 0 Å². The number of nitrogens with two attached hydrogens (primary N) is 1. The molecule has 3 N–H and O–H groups in total. The molecular weight excluding hydrogens is 204 g/mol. The van der Waals surface area contributed by atoms with Gasteiger partial charge in [0, 0.05) is 6.07 Å². The number of halogens is 2. The molecule has 0 fully saturated rings. The van der Waals surface area contributed by atoms with E-state index in [0.29, 0.717) is 6.07 Å². The van der Waals surface area contributed by atoms with E-state index in [4.69, 9.17) is 17.0 Å². The van der Waals surface area contributed by atoms with Gasteiger partial charge in [-0.1, -0.05) is 5.92 Å². The molecule has 1 aromatic heterocycles. The van der Waals surface area contributed by atoms with Crippen molar-refractivity contribution in [3.63, 3.8) is 0 Å². The summed E-state index contributed by atoms with van der Waals surface area (Å²) in [5.74, 6) is 4.63. The number of ether oxygens (including phenoxy) is 1. The Labute approximate surface area is 85.4 Å². The number of pyridine rings is 1. The number of anilines is 1.